The Bertz CT molecular complexity index is 928. The first kappa shape index (κ1) is 13.0. The molecular formula is C21H15NS. The summed E-state index contributed by atoms with van der Waals surface area (Å²) in [5.74, 6) is 0. The van der Waals surface area contributed by atoms with Crippen LogP contribution in [0.4, 0.5) is 11.4 Å². The van der Waals surface area contributed by atoms with Crippen LogP contribution in [0.5, 0.6) is 0 Å². The lowest BCUT2D eigenvalue weighted by molar-refractivity contribution is 1.02. The molecule has 0 saturated heterocycles. The zero-order chi connectivity index (χ0) is 15.2. The van der Waals surface area contributed by atoms with Gasteiger partial charge in [0.1, 0.15) is 0 Å². The SMILES string of the molecule is C1=C(c2ccccc2)c2cccc3c2N(C1)c1ccccc1S3. The van der Waals surface area contributed by atoms with Crippen molar-refractivity contribution in [3.8, 4) is 0 Å². The molecule has 23 heavy (non-hydrogen) atoms. The van der Waals surface area contributed by atoms with Crippen LogP contribution in [0.25, 0.3) is 5.57 Å². The number of fused-ring (bicyclic) bond motifs is 2. The minimum atomic E-state index is 0.922. The quantitative estimate of drug-likeness (QED) is 0.564. The van der Waals surface area contributed by atoms with Crippen molar-refractivity contribution >= 4 is 28.7 Å². The van der Waals surface area contributed by atoms with Gasteiger partial charge in [0.15, 0.2) is 0 Å². The molecule has 3 aromatic carbocycles. The van der Waals surface area contributed by atoms with Crippen LogP contribution >= 0.6 is 11.8 Å². The molecule has 3 aromatic rings. The zero-order valence-corrected chi connectivity index (χ0v) is 13.4. The summed E-state index contributed by atoms with van der Waals surface area (Å²) in [6.45, 7) is 0.922. The Labute approximate surface area is 140 Å². The van der Waals surface area contributed by atoms with Gasteiger partial charge in [-0.25, -0.2) is 0 Å². The van der Waals surface area contributed by atoms with Gasteiger partial charge in [-0.1, -0.05) is 72.4 Å². The van der Waals surface area contributed by atoms with E-state index in [1.165, 1.54) is 37.9 Å². The van der Waals surface area contributed by atoms with E-state index in [1.54, 1.807) is 0 Å². The van der Waals surface area contributed by atoms with Crippen molar-refractivity contribution in [2.75, 3.05) is 11.4 Å². The van der Waals surface area contributed by atoms with Crippen LogP contribution in [0, 0.1) is 0 Å². The van der Waals surface area contributed by atoms with E-state index in [0.29, 0.717) is 0 Å². The Kier molecular flexibility index (Phi) is 2.85. The fraction of sp³-hybridized carbons (Fsp3) is 0.0476. The molecule has 2 aliphatic heterocycles. The number of hydrogen-bond acceptors (Lipinski definition) is 2. The molecular weight excluding hydrogens is 298 g/mol. The second kappa shape index (κ2) is 5.04. The van der Waals surface area contributed by atoms with E-state index in [2.05, 4.69) is 83.8 Å². The molecule has 1 nitrogen and oxygen atoms in total. The van der Waals surface area contributed by atoms with Gasteiger partial charge < -0.3 is 4.90 Å². The molecule has 0 saturated carbocycles. The van der Waals surface area contributed by atoms with Crippen molar-refractivity contribution < 1.29 is 0 Å². The summed E-state index contributed by atoms with van der Waals surface area (Å²) in [5, 5.41) is 0. The fourth-order valence-electron chi connectivity index (χ4n) is 3.48. The minimum Gasteiger partial charge on any atom is -0.335 e. The topological polar surface area (TPSA) is 3.24 Å². The first-order valence-corrected chi connectivity index (χ1v) is 8.67. The van der Waals surface area contributed by atoms with Crippen LogP contribution < -0.4 is 4.90 Å². The molecule has 0 fully saturated rings. The Morgan fingerprint density at radius 2 is 1.52 bits per heavy atom. The summed E-state index contributed by atoms with van der Waals surface area (Å²) >= 11 is 1.88. The van der Waals surface area contributed by atoms with Crippen molar-refractivity contribution in [1.29, 1.82) is 0 Å². The van der Waals surface area contributed by atoms with E-state index in [9.17, 15) is 0 Å². The standard InChI is InChI=1S/C21H15NS/c1-2-7-15(8-3-1)16-13-14-22-18-10-4-5-11-19(18)23-20-12-6-9-17(16)21(20)22/h1-13H,14H2. The highest BCUT2D eigenvalue weighted by molar-refractivity contribution is 7.99. The average Bonchev–Trinajstić information content (AvgIpc) is 2.63. The first-order chi connectivity index (χ1) is 11.4. The van der Waals surface area contributed by atoms with Gasteiger partial charge >= 0.3 is 0 Å². The van der Waals surface area contributed by atoms with Crippen LogP contribution in [0.1, 0.15) is 11.1 Å². The Morgan fingerprint density at radius 3 is 2.43 bits per heavy atom. The van der Waals surface area contributed by atoms with Crippen molar-refractivity contribution in [2.24, 2.45) is 0 Å². The predicted molar refractivity (Wildman–Crippen MR) is 97.5 cm³/mol. The number of para-hydroxylation sites is 2. The van der Waals surface area contributed by atoms with Gasteiger partial charge in [-0.2, -0.15) is 0 Å². The molecule has 5 rings (SSSR count). The molecule has 2 aliphatic rings. The maximum absolute atomic E-state index is 2.45. The zero-order valence-electron chi connectivity index (χ0n) is 12.6. The van der Waals surface area contributed by atoms with Gasteiger partial charge in [0, 0.05) is 21.9 Å². The Balaban J connectivity index is 1.73. The number of anilines is 2. The fourth-order valence-corrected chi connectivity index (χ4v) is 4.61. The highest BCUT2D eigenvalue weighted by Gasteiger charge is 2.29. The summed E-state index contributed by atoms with van der Waals surface area (Å²) in [5.41, 5.74) is 6.66. The lowest BCUT2D eigenvalue weighted by Crippen LogP contribution is -2.25. The van der Waals surface area contributed by atoms with Gasteiger partial charge in [-0.3, -0.25) is 0 Å². The molecule has 0 unspecified atom stereocenters. The molecule has 2 heterocycles. The highest BCUT2D eigenvalue weighted by Crippen LogP contribution is 2.52. The molecule has 0 amide bonds. The highest BCUT2D eigenvalue weighted by atomic mass is 32.2. The van der Waals surface area contributed by atoms with Crippen LogP contribution in [-0.2, 0) is 0 Å². The van der Waals surface area contributed by atoms with E-state index in [4.69, 9.17) is 0 Å². The number of nitrogens with zero attached hydrogens (tertiary/aromatic N) is 1. The summed E-state index contributed by atoms with van der Waals surface area (Å²) in [6.07, 6.45) is 2.36. The summed E-state index contributed by atoms with van der Waals surface area (Å²) in [7, 11) is 0. The average molecular weight is 313 g/mol. The van der Waals surface area contributed by atoms with E-state index in [1.807, 2.05) is 11.8 Å². The van der Waals surface area contributed by atoms with Crippen LogP contribution in [0.2, 0.25) is 0 Å². The van der Waals surface area contributed by atoms with Crippen molar-refractivity contribution in [3.05, 3.63) is 90.0 Å². The molecule has 0 N–H and O–H groups in total. The molecule has 2 heteroatoms. The number of rotatable bonds is 1. The van der Waals surface area contributed by atoms with Gasteiger partial charge in [0.05, 0.1) is 11.4 Å². The molecule has 0 spiro atoms. The second-order valence-electron chi connectivity index (χ2n) is 5.82. The van der Waals surface area contributed by atoms with Crippen molar-refractivity contribution in [2.45, 2.75) is 9.79 Å². The molecule has 110 valence electrons. The normalized spacial score (nSPS) is 14.8. The van der Waals surface area contributed by atoms with Gasteiger partial charge in [0.2, 0.25) is 0 Å². The molecule has 0 radical (unpaired) electrons. The Hall–Kier alpha value is -2.45. The van der Waals surface area contributed by atoms with Gasteiger partial charge in [-0.15, -0.1) is 0 Å². The van der Waals surface area contributed by atoms with Gasteiger partial charge in [-0.05, 0) is 29.3 Å². The second-order valence-corrected chi connectivity index (χ2v) is 6.90. The van der Waals surface area contributed by atoms with Crippen LogP contribution in [0.3, 0.4) is 0 Å². The first-order valence-electron chi connectivity index (χ1n) is 7.85. The Morgan fingerprint density at radius 1 is 0.739 bits per heavy atom. The molecule has 0 aromatic heterocycles. The molecule has 0 bridgehead atoms. The van der Waals surface area contributed by atoms with E-state index < -0.39 is 0 Å². The third-order valence-corrected chi connectivity index (χ3v) is 5.61. The lowest BCUT2D eigenvalue weighted by atomic mass is 9.92. The van der Waals surface area contributed by atoms with Crippen LogP contribution in [-0.4, -0.2) is 6.54 Å². The van der Waals surface area contributed by atoms with Crippen molar-refractivity contribution in [3.63, 3.8) is 0 Å². The molecule has 0 aliphatic carbocycles. The summed E-state index contributed by atoms with van der Waals surface area (Å²) < 4.78 is 0. The maximum Gasteiger partial charge on any atom is 0.0635 e. The van der Waals surface area contributed by atoms with Gasteiger partial charge in [0.25, 0.3) is 0 Å². The minimum absolute atomic E-state index is 0.922. The van der Waals surface area contributed by atoms with Crippen LogP contribution in [0.15, 0.2) is 88.7 Å². The summed E-state index contributed by atoms with van der Waals surface area (Å²) in [6, 6.07) is 26.0. The number of benzene rings is 3. The lowest BCUT2D eigenvalue weighted by Gasteiger charge is -2.37. The molecule has 0 atom stereocenters. The largest absolute Gasteiger partial charge is 0.335 e. The monoisotopic (exact) mass is 313 g/mol. The third-order valence-electron chi connectivity index (χ3n) is 4.50. The maximum atomic E-state index is 2.45. The predicted octanol–water partition coefficient (Wildman–Crippen LogP) is 5.73. The summed E-state index contributed by atoms with van der Waals surface area (Å²) in [4.78, 5) is 5.14. The van der Waals surface area contributed by atoms with E-state index >= 15 is 0 Å². The van der Waals surface area contributed by atoms with E-state index in [0.717, 1.165) is 6.54 Å². The van der Waals surface area contributed by atoms with E-state index in [-0.39, 0.29) is 0 Å². The third kappa shape index (κ3) is 1.95. The number of hydrogen-bond donors (Lipinski definition) is 0. The smallest absolute Gasteiger partial charge is 0.0635 e. The van der Waals surface area contributed by atoms with Crippen molar-refractivity contribution in [1.82, 2.24) is 0 Å².